The number of benzene rings is 2. The Morgan fingerprint density at radius 3 is 2.34 bits per heavy atom. The number of carbonyl (C=O) groups is 2. The minimum Gasteiger partial charge on any atom is -0.369 e. The van der Waals surface area contributed by atoms with Crippen LogP contribution >= 0.6 is 0 Å². The van der Waals surface area contributed by atoms with Crippen LogP contribution in [0, 0.1) is 0 Å². The Morgan fingerprint density at radius 2 is 1.69 bits per heavy atom. The van der Waals surface area contributed by atoms with Crippen molar-refractivity contribution >= 4 is 23.6 Å². The number of nitrogens with zero attached hydrogens (tertiary/aromatic N) is 3. The average Bonchev–Trinajstić information content (AvgIpc) is 2.92. The van der Waals surface area contributed by atoms with Crippen molar-refractivity contribution < 1.29 is 14.8 Å². The van der Waals surface area contributed by atoms with Crippen molar-refractivity contribution in [2.45, 2.75) is 13.1 Å². The molecule has 0 saturated carbocycles. The summed E-state index contributed by atoms with van der Waals surface area (Å²) >= 11 is 0. The first-order valence-corrected chi connectivity index (χ1v) is 11.6. The van der Waals surface area contributed by atoms with Crippen LogP contribution in [0.5, 0.6) is 0 Å². The molecule has 1 aliphatic heterocycles. The van der Waals surface area contributed by atoms with Gasteiger partial charge in [0.2, 0.25) is 0 Å². The summed E-state index contributed by atoms with van der Waals surface area (Å²) in [5.41, 5.74) is 6.15. The highest BCUT2D eigenvalue weighted by Crippen LogP contribution is 2.18. The van der Waals surface area contributed by atoms with Gasteiger partial charge in [-0.3, -0.25) is 24.7 Å². The zero-order valence-electron chi connectivity index (χ0n) is 19.4. The van der Waals surface area contributed by atoms with Crippen molar-refractivity contribution in [3.8, 4) is 0 Å². The molecule has 4 rings (SSSR count). The maximum atomic E-state index is 12.6. The quantitative estimate of drug-likeness (QED) is 0.266. The number of hydroxylamine groups is 1. The maximum absolute atomic E-state index is 12.6. The molecular weight excluding hydrogens is 442 g/mol. The SMILES string of the molecule is O=C(C=Cc1ccc(CNC(=O)c2ccc(N3CCN(Cc4ccccn4)CC3)cc2)cc1)NO. The van der Waals surface area contributed by atoms with Crippen LogP contribution in [0.4, 0.5) is 5.69 Å². The third kappa shape index (κ3) is 6.99. The maximum Gasteiger partial charge on any atom is 0.267 e. The van der Waals surface area contributed by atoms with E-state index in [-0.39, 0.29) is 5.91 Å². The number of nitrogens with one attached hydrogen (secondary N) is 2. The number of piperazine rings is 1. The van der Waals surface area contributed by atoms with Crippen molar-refractivity contribution in [2.24, 2.45) is 0 Å². The van der Waals surface area contributed by atoms with Crippen LogP contribution in [0.1, 0.15) is 27.2 Å². The van der Waals surface area contributed by atoms with Crippen molar-refractivity contribution in [1.82, 2.24) is 20.7 Å². The molecule has 35 heavy (non-hydrogen) atoms. The van der Waals surface area contributed by atoms with Crippen LogP contribution in [0.25, 0.3) is 6.08 Å². The highest BCUT2D eigenvalue weighted by atomic mass is 16.5. The number of hydrogen-bond acceptors (Lipinski definition) is 6. The molecule has 1 fully saturated rings. The fourth-order valence-corrected chi connectivity index (χ4v) is 3.95. The van der Waals surface area contributed by atoms with E-state index in [2.05, 4.69) is 26.2 Å². The molecule has 8 nitrogen and oxygen atoms in total. The Hall–Kier alpha value is -4.01. The van der Waals surface area contributed by atoms with Gasteiger partial charge in [-0.25, -0.2) is 5.48 Å². The molecule has 0 aliphatic carbocycles. The molecule has 1 saturated heterocycles. The molecule has 8 heteroatoms. The number of amides is 2. The van der Waals surface area contributed by atoms with Gasteiger partial charge in [0.25, 0.3) is 11.8 Å². The molecule has 1 aliphatic rings. The van der Waals surface area contributed by atoms with Gasteiger partial charge >= 0.3 is 0 Å². The fraction of sp³-hybridized carbons (Fsp3) is 0.222. The van der Waals surface area contributed by atoms with E-state index in [1.165, 1.54) is 6.08 Å². The summed E-state index contributed by atoms with van der Waals surface area (Å²) in [5, 5.41) is 11.5. The molecule has 2 amide bonds. The second-order valence-corrected chi connectivity index (χ2v) is 8.36. The highest BCUT2D eigenvalue weighted by molar-refractivity contribution is 5.94. The summed E-state index contributed by atoms with van der Waals surface area (Å²) in [6, 6.07) is 21.2. The summed E-state index contributed by atoms with van der Waals surface area (Å²) in [6.45, 7) is 5.10. The zero-order valence-corrected chi connectivity index (χ0v) is 19.4. The smallest absolute Gasteiger partial charge is 0.267 e. The summed E-state index contributed by atoms with van der Waals surface area (Å²) in [4.78, 5) is 32.8. The van der Waals surface area contributed by atoms with Gasteiger partial charge in [-0.05, 0) is 53.6 Å². The zero-order chi connectivity index (χ0) is 24.5. The first kappa shape index (κ1) is 24.1. The Morgan fingerprint density at radius 1 is 0.943 bits per heavy atom. The minimum atomic E-state index is -0.588. The first-order valence-electron chi connectivity index (χ1n) is 11.6. The molecular formula is C27H29N5O3. The van der Waals surface area contributed by atoms with Crippen molar-refractivity contribution in [1.29, 1.82) is 0 Å². The molecule has 180 valence electrons. The topological polar surface area (TPSA) is 97.8 Å². The predicted molar refractivity (Wildman–Crippen MR) is 135 cm³/mol. The van der Waals surface area contributed by atoms with Crippen LogP contribution in [0.15, 0.2) is 79.0 Å². The lowest BCUT2D eigenvalue weighted by molar-refractivity contribution is -0.124. The molecule has 2 heterocycles. The van der Waals surface area contributed by atoms with Crippen molar-refractivity contribution in [3.05, 3.63) is 101 Å². The largest absolute Gasteiger partial charge is 0.369 e. The Kier molecular flexibility index (Phi) is 8.21. The number of rotatable bonds is 8. The lowest BCUT2D eigenvalue weighted by atomic mass is 10.1. The lowest BCUT2D eigenvalue weighted by Gasteiger charge is -2.36. The summed E-state index contributed by atoms with van der Waals surface area (Å²) in [6.07, 6.45) is 4.67. The molecule has 3 N–H and O–H groups in total. The summed E-state index contributed by atoms with van der Waals surface area (Å²) < 4.78 is 0. The third-order valence-electron chi connectivity index (χ3n) is 5.95. The van der Waals surface area contributed by atoms with E-state index in [0.717, 1.165) is 55.2 Å². The van der Waals surface area contributed by atoms with Gasteiger partial charge in [0.1, 0.15) is 0 Å². The number of carbonyl (C=O) groups excluding carboxylic acids is 2. The van der Waals surface area contributed by atoms with Crippen LogP contribution < -0.4 is 15.7 Å². The third-order valence-corrected chi connectivity index (χ3v) is 5.95. The van der Waals surface area contributed by atoms with Gasteiger partial charge in [0.05, 0.1) is 5.69 Å². The monoisotopic (exact) mass is 471 g/mol. The molecule has 0 radical (unpaired) electrons. The van der Waals surface area contributed by atoms with Crippen molar-refractivity contribution in [3.63, 3.8) is 0 Å². The van der Waals surface area contributed by atoms with Crippen molar-refractivity contribution in [2.75, 3.05) is 31.1 Å². The molecule has 0 bridgehead atoms. The molecule has 0 atom stereocenters. The van der Waals surface area contributed by atoms with Gasteiger partial charge in [0.15, 0.2) is 0 Å². The van der Waals surface area contributed by atoms with Gasteiger partial charge in [-0.1, -0.05) is 30.3 Å². The lowest BCUT2D eigenvalue weighted by Crippen LogP contribution is -2.46. The van der Waals surface area contributed by atoms with Gasteiger partial charge in [0, 0.05) is 62.8 Å². The predicted octanol–water partition coefficient (Wildman–Crippen LogP) is 2.85. The van der Waals surface area contributed by atoms with Crippen LogP contribution in [0.3, 0.4) is 0 Å². The highest BCUT2D eigenvalue weighted by Gasteiger charge is 2.18. The summed E-state index contributed by atoms with van der Waals surface area (Å²) in [5.74, 6) is -0.712. The van der Waals surface area contributed by atoms with Gasteiger partial charge in [-0.2, -0.15) is 0 Å². The molecule has 1 aromatic heterocycles. The van der Waals surface area contributed by atoms with Crippen LogP contribution in [-0.2, 0) is 17.9 Å². The second-order valence-electron chi connectivity index (χ2n) is 8.36. The normalized spacial score (nSPS) is 14.1. The van der Waals surface area contributed by atoms with E-state index in [1.807, 2.05) is 66.9 Å². The van der Waals surface area contributed by atoms with E-state index >= 15 is 0 Å². The van der Waals surface area contributed by atoms with E-state index in [9.17, 15) is 9.59 Å². The standard InChI is InChI=1S/C27H29N5O3/c33-26(30-35)13-8-21-4-6-22(7-5-21)19-29-27(34)23-9-11-25(12-10-23)32-17-15-31(16-18-32)20-24-3-1-2-14-28-24/h1-14,35H,15-20H2,(H,29,34)(H,30,33). The molecule has 2 aromatic carbocycles. The first-order chi connectivity index (χ1) is 17.1. The molecule has 0 spiro atoms. The van der Waals surface area contributed by atoms with E-state index in [0.29, 0.717) is 12.1 Å². The Bertz CT molecular complexity index is 1140. The van der Waals surface area contributed by atoms with Crippen LogP contribution in [0.2, 0.25) is 0 Å². The fourth-order valence-electron chi connectivity index (χ4n) is 3.95. The number of anilines is 1. The summed E-state index contributed by atoms with van der Waals surface area (Å²) in [7, 11) is 0. The van der Waals surface area contributed by atoms with Gasteiger partial charge < -0.3 is 10.2 Å². The Balaban J connectivity index is 1.24. The number of aromatic nitrogens is 1. The minimum absolute atomic E-state index is 0.125. The van der Waals surface area contributed by atoms with E-state index in [1.54, 1.807) is 11.6 Å². The van der Waals surface area contributed by atoms with Gasteiger partial charge in [-0.15, -0.1) is 0 Å². The number of hydrogen-bond donors (Lipinski definition) is 3. The van der Waals surface area contributed by atoms with Crippen LogP contribution in [-0.4, -0.2) is 53.1 Å². The number of pyridine rings is 1. The van der Waals surface area contributed by atoms with E-state index in [4.69, 9.17) is 5.21 Å². The average molecular weight is 472 g/mol. The molecule has 3 aromatic rings. The second kappa shape index (κ2) is 11.9. The Labute approximate surface area is 204 Å². The molecule has 0 unspecified atom stereocenters. The van der Waals surface area contributed by atoms with E-state index < -0.39 is 5.91 Å².